The molecule has 1 unspecified atom stereocenters. The minimum Gasteiger partial charge on any atom is -0.402 e. The summed E-state index contributed by atoms with van der Waals surface area (Å²) in [7, 11) is 0. The maximum atomic E-state index is 10.7. The maximum absolute atomic E-state index is 10.7. The molecular weight excluding hydrogens is 138 g/mol. The van der Waals surface area contributed by atoms with E-state index < -0.39 is 0 Å². The van der Waals surface area contributed by atoms with Crippen molar-refractivity contribution in [3.63, 3.8) is 0 Å². The molecule has 1 aliphatic carbocycles. The molecule has 0 saturated heterocycles. The fourth-order valence-corrected chi connectivity index (χ4v) is 1.14. The summed E-state index contributed by atoms with van der Waals surface area (Å²) in [6.45, 7) is 6.04. The minimum absolute atomic E-state index is 0.172. The number of carbonyl (C=O) groups is 1. The molecule has 1 rings (SSSR count). The second-order valence-corrected chi connectivity index (χ2v) is 2.70. The van der Waals surface area contributed by atoms with Crippen molar-refractivity contribution in [1.82, 2.24) is 0 Å². The molecule has 2 nitrogen and oxygen atoms in total. The van der Waals surface area contributed by atoms with Gasteiger partial charge in [0.15, 0.2) is 5.78 Å². The van der Waals surface area contributed by atoms with E-state index in [1.807, 2.05) is 20.8 Å². The third-order valence-electron chi connectivity index (χ3n) is 1.48. The smallest absolute Gasteiger partial charge is 0.157 e. The van der Waals surface area contributed by atoms with Crippen LogP contribution in [-0.4, -0.2) is 5.78 Å². The van der Waals surface area contributed by atoms with Crippen molar-refractivity contribution in [2.45, 2.75) is 33.6 Å². The molecule has 0 aromatic carbocycles. The van der Waals surface area contributed by atoms with Crippen LogP contribution >= 0.6 is 0 Å². The Labute approximate surface area is 68.5 Å². The van der Waals surface area contributed by atoms with Gasteiger partial charge in [0.1, 0.15) is 0 Å². The fraction of sp³-hybridized carbons (Fsp3) is 0.667. The van der Waals surface area contributed by atoms with Crippen LogP contribution < -0.4 is 5.73 Å². The van der Waals surface area contributed by atoms with Crippen molar-refractivity contribution >= 4 is 5.78 Å². The van der Waals surface area contributed by atoms with E-state index in [9.17, 15) is 4.79 Å². The SMILES string of the molecule is CC.CC1CC(=O)C=C(N)C1. The summed E-state index contributed by atoms with van der Waals surface area (Å²) in [5.41, 5.74) is 6.19. The maximum Gasteiger partial charge on any atom is 0.157 e. The van der Waals surface area contributed by atoms with E-state index in [1.54, 1.807) is 6.08 Å². The quantitative estimate of drug-likeness (QED) is 0.580. The minimum atomic E-state index is 0.172. The number of hydrogen-bond acceptors (Lipinski definition) is 2. The van der Waals surface area contributed by atoms with Gasteiger partial charge in [0.05, 0.1) is 0 Å². The molecule has 1 atom stereocenters. The summed E-state index contributed by atoms with van der Waals surface area (Å²) in [4.78, 5) is 10.7. The average Bonchev–Trinajstić information content (AvgIpc) is 1.88. The molecule has 0 aromatic rings. The van der Waals surface area contributed by atoms with Crippen LogP contribution in [0, 0.1) is 5.92 Å². The molecule has 11 heavy (non-hydrogen) atoms. The van der Waals surface area contributed by atoms with Gasteiger partial charge in [-0.05, 0) is 18.4 Å². The van der Waals surface area contributed by atoms with Crippen LogP contribution in [-0.2, 0) is 4.79 Å². The summed E-state index contributed by atoms with van der Waals surface area (Å²) in [5.74, 6) is 0.619. The predicted molar refractivity (Wildman–Crippen MR) is 47.0 cm³/mol. The summed E-state index contributed by atoms with van der Waals surface area (Å²) in [6, 6.07) is 0. The Hall–Kier alpha value is -0.790. The molecular formula is C9H17NO. The van der Waals surface area contributed by atoms with Gasteiger partial charge in [0.25, 0.3) is 0 Å². The van der Waals surface area contributed by atoms with Crippen molar-refractivity contribution in [1.29, 1.82) is 0 Å². The largest absolute Gasteiger partial charge is 0.402 e. The van der Waals surface area contributed by atoms with Crippen molar-refractivity contribution in [3.8, 4) is 0 Å². The Morgan fingerprint density at radius 2 is 2.00 bits per heavy atom. The normalized spacial score (nSPS) is 23.4. The molecule has 64 valence electrons. The Morgan fingerprint density at radius 3 is 2.36 bits per heavy atom. The lowest BCUT2D eigenvalue weighted by Crippen LogP contribution is -2.15. The van der Waals surface area contributed by atoms with Crippen LogP contribution in [0.1, 0.15) is 33.6 Å². The number of nitrogens with two attached hydrogens (primary N) is 1. The highest BCUT2D eigenvalue weighted by Gasteiger charge is 2.13. The first-order valence-corrected chi connectivity index (χ1v) is 4.17. The zero-order chi connectivity index (χ0) is 8.85. The van der Waals surface area contributed by atoms with Gasteiger partial charge in [-0.15, -0.1) is 0 Å². The Bertz CT molecular complexity index is 161. The number of carbonyl (C=O) groups excluding carboxylic acids is 1. The lowest BCUT2D eigenvalue weighted by atomic mass is 9.93. The molecule has 0 spiro atoms. The molecule has 2 heteroatoms. The third kappa shape index (κ3) is 3.81. The topological polar surface area (TPSA) is 43.1 Å². The van der Waals surface area contributed by atoms with Crippen LogP contribution in [0.25, 0.3) is 0 Å². The first kappa shape index (κ1) is 10.2. The molecule has 2 N–H and O–H groups in total. The van der Waals surface area contributed by atoms with Crippen LogP contribution in [0.3, 0.4) is 0 Å². The van der Waals surface area contributed by atoms with Gasteiger partial charge in [-0.2, -0.15) is 0 Å². The standard InChI is InChI=1S/C7H11NO.C2H6/c1-5-2-6(8)4-7(9)3-5;1-2/h4-5H,2-3,8H2,1H3;1-2H3. The van der Waals surface area contributed by atoms with E-state index in [2.05, 4.69) is 0 Å². The zero-order valence-corrected chi connectivity index (χ0v) is 7.55. The second kappa shape index (κ2) is 4.94. The third-order valence-corrected chi connectivity index (χ3v) is 1.48. The fourth-order valence-electron chi connectivity index (χ4n) is 1.14. The van der Waals surface area contributed by atoms with E-state index in [-0.39, 0.29) is 5.78 Å². The van der Waals surface area contributed by atoms with Gasteiger partial charge in [0.2, 0.25) is 0 Å². The van der Waals surface area contributed by atoms with Crippen LogP contribution in [0.5, 0.6) is 0 Å². The summed E-state index contributed by atoms with van der Waals surface area (Å²) in [6.07, 6.45) is 3.09. The Balaban J connectivity index is 0.000000461. The molecule has 0 amide bonds. The number of allylic oxidation sites excluding steroid dienone is 2. The Morgan fingerprint density at radius 1 is 1.45 bits per heavy atom. The van der Waals surface area contributed by atoms with E-state index in [1.165, 1.54) is 0 Å². The van der Waals surface area contributed by atoms with Gasteiger partial charge in [-0.25, -0.2) is 0 Å². The van der Waals surface area contributed by atoms with E-state index in [0.29, 0.717) is 12.3 Å². The van der Waals surface area contributed by atoms with Crippen LogP contribution in [0.15, 0.2) is 11.8 Å². The highest BCUT2D eigenvalue weighted by molar-refractivity contribution is 5.91. The molecule has 0 bridgehead atoms. The van der Waals surface area contributed by atoms with Crippen LogP contribution in [0.2, 0.25) is 0 Å². The van der Waals surface area contributed by atoms with Gasteiger partial charge < -0.3 is 5.73 Å². The molecule has 0 radical (unpaired) electrons. The number of hydrogen-bond donors (Lipinski definition) is 1. The molecule has 0 saturated carbocycles. The molecule has 0 aromatic heterocycles. The molecule has 1 aliphatic rings. The second-order valence-electron chi connectivity index (χ2n) is 2.70. The zero-order valence-electron chi connectivity index (χ0n) is 7.55. The summed E-state index contributed by atoms with van der Waals surface area (Å²) >= 11 is 0. The molecule has 0 aliphatic heterocycles. The van der Waals surface area contributed by atoms with Gasteiger partial charge >= 0.3 is 0 Å². The van der Waals surface area contributed by atoms with Gasteiger partial charge in [-0.3, -0.25) is 4.79 Å². The highest BCUT2D eigenvalue weighted by Crippen LogP contribution is 2.17. The van der Waals surface area contributed by atoms with Crippen molar-refractivity contribution in [2.75, 3.05) is 0 Å². The Kier molecular flexibility index (Phi) is 4.59. The molecule has 0 fully saturated rings. The van der Waals surface area contributed by atoms with Crippen molar-refractivity contribution in [2.24, 2.45) is 11.7 Å². The van der Waals surface area contributed by atoms with Gasteiger partial charge in [0, 0.05) is 12.1 Å². The van der Waals surface area contributed by atoms with E-state index in [4.69, 9.17) is 5.73 Å². The number of ketones is 1. The lowest BCUT2D eigenvalue weighted by molar-refractivity contribution is -0.115. The number of rotatable bonds is 0. The van der Waals surface area contributed by atoms with Crippen LogP contribution in [0.4, 0.5) is 0 Å². The summed E-state index contributed by atoms with van der Waals surface area (Å²) < 4.78 is 0. The highest BCUT2D eigenvalue weighted by atomic mass is 16.1. The van der Waals surface area contributed by atoms with Crippen molar-refractivity contribution < 1.29 is 4.79 Å². The monoisotopic (exact) mass is 155 g/mol. The predicted octanol–water partition coefficient (Wildman–Crippen LogP) is 1.85. The van der Waals surface area contributed by atoms with E-state index in [0.717, 1.165) is 12.1 Å². The first-order valence-electron chi connectivity index (χ1n) is 4.17. The van der Waals surface area contributed by atoms with E-state index >= 15 is 0 Å². The van der Waals surface area contributed by atoms with Crippen molar-refractivity contribution in [3.05, 3.63) is 11.8 Å². The average molecular weight is 155 g/mol. The summed E-state index contributed by atoms with van der Waals surface area (Å²) in [5, 5.41) is 0. The molecule has 0 heterocycles. The first-order chi connectivity index (χ1) is 5.18. The lowest BCUT2D eigenvalue weighted by Gasteiger charge is -2.13. The van der Waals surface area contributed by atoms with Gasteiger partial charge in [-0.1, -0.05) is 20.8 Å².